The largest absolute Gasteiger partial charge is 0.456 e. The SMILES string of the molecule is c1ccc(C2(c3cccc(-c4nc(-c5ccc6ccccc6c5)nc(-c5ccc6c(c5)oc5ccccc56)n4)c3)c3ccccc3-c3ccccc32)cc1. The predicted molar refractivity (Wildman–Crippen MR) is 218 cm³/mol. The zero-order chi connectivity index (χ0) is 35.6. The molecule has 0 atom stereocenters. The minimum Gasteiger partial charge on any atom is -0.456 e. The van der Waals surface area contributed by atoms with Crippen LogP contribution in [-0.2, 0) is 5.41 Å². The zero-order valence-corrected chi connectivity index (χ0v) is 29.1. The standard InChI is InChI=1S/C50H31N3O/c1-2-16-37(17-3-1)50(43-22-9-6-19-39(43)40-20-7-10-23-44(40)50)38-18-12-15-34(30-38)47-51-48(35-26-25-32-13-4-5-14-33(32)29-35)53-49(52-47)36-27-28-42-41-21-8-11-24-45(41)54-46(42)31-36/h1-31H. The minimum absolute atomic E-state index is 0.534. The third-order valence-corrected chi connectivity index (χ3v) is 11.0. The van der Waals surface area contributed by atoms with Crippen molar-refractivity contribution in [3.05, 3.63) is 210 Å². The first-order valence-corrected chi connectivity index (χ1v) is 18.3. The molecule has 2 aromatic heterocycles. The van der Waals surface area contributed by atoms with Crippen molar-refractivity contribution in [2.75, 3.05) is 0 Å². The third-order valence-electron chi connectivity index (χ3n) is 11.0. The highest BCUT2D eigenvalue weighted by molar-refractivity contribution is 6.05. The Hall–Kier alpha value is -7.17. The number of hydrogen-bond acceptors (Lipinski definition) is 4. The second-order valence-electron chi connectivity index (χ2n) is 14.0. The van der Waals surface area contributed by atoms with E-state index in [1.165, 1.54) is 33.2 Å². The highest BCUT2D eigenvalue weighted by Crippen LogP contribution is 2.56. The fourth-order valence-corrected chi connectivity index (χ4v) is 8.56. The molecule has 0 saturated heterocycles. The molecule has 0 radical (unpaired) electrons. The number of nitrogens with zero attached hydrogens (tertiary/aromatic N) is 3. The second-order valence-corrected chi connectivity index (χ2v) is 14.0. The summed E-state index contributed by atoms with van der Waals surface area (Å²) in [4.78, 5) is 15.5. The molecule has 252 valence electrons. The molecule has 0 N–H and O–H groups in total. The molecule has 10 aromatic rings. The average Bonchev–Trinajstić information content (AvgIpc) is 3.77. The molecule has 54 heavy (non-hydrogen) atoms. The molecule has 1 aliphatic rings. The number of para-hydroxylation sites is 1. The van der Waals surface area contributed by atoms with Crippen LogP contribution in [0.4, 0.5) is 0 Å². The van der Waals surface area contributed by atoms with E-state index < -0.39 is 5.41 Å². The summed E-state index contributed by atoms with van der Waals surface area (Å²) in [5.41, 5.74) is 11.2. The van der Waals surface area contributed by atoms with Crippen LogP contribution in [0.1, 0.15) is 22.3 Å². The molecule has 0 saturated carbocycles. The van der Waals surface area contributed by atoms with Gasteiger partial charge in [-0.05, 0) is 74.5 Å². The number of aromatic nitrogens is 3. The first-order valence-electron chi connectivity index (χ1n) is 18.3. The normalized spacial score (nSPS) is 13.0. The molecule has 0 amide bonds. The quantitative estimate of drug-likeness (QED) is 0.180. The van der Waals surface area contributed by atoms with Crippen molar-refractivity contribution in [3.63, 3.8) is 0 Å². The Bertz CT molecular complexity index is 3030. The van der Waals surface area contributed by atoms with E-state index in [-0.39, 0.29) is 0 Å². The Labute approximate surface area is 312 Å². The summed E-state index contributed by atoms with van der Waals surface area (Å²) in [6.45, 7) is 0. The van der Waals surface area contributed by atoms with Crippen molar-refractivity contribution >= 4 is 32.7 Å². The molecule has 0 spiro atoms. The van der Waals surface area contributed by atoms with Crippen LogP contribution in [0.2, 0.25) is 0 Å². The lowest BCUT2D eigenvalue weighted by atomic mass is 9.67. The predicted octanol–water partition coefficient (Wildman–Crippen LogP) is 12.3. The van der Waals surface area contributed by atoms with Crippen molar-refractivity contribution in [2.24, 2.45) is 0 Å². The maximum atomic E-state index is 6.30. The summed E-state index contributed by atoms with van der Waals surface area (Å²) in [5.74, 6) is 1.81. The van der Waals surface area contributed by atoms with E-state index >= 15 is 0 Å². The summed E-state index contributed by atoms with van der Waals surface area (Å²) in [6, 6.07) is 66.4. The molecule has 0 fully saturated rings. The molecule has 2 heterocycles. The van der Waals surface area contributed by atoms with Gasteiger partial charge in [0.15, 0.2) is 17.5 Å². The first-order chi connectivity index (χ1) is 26.7. The van der Waals surface area contributed by atoms with Crippen LogP contribution in [0.15, 0.2) is 192 Å². The van der Waals surface area contributed by atoms with Crippen LogP contribution in [0, 0.1) is 0 Å². The Kier molecular flexibility index (Phi) is 6.73. The van der Waals surface area contributed by atoms with E-state index in [2.05, 4.69) is 164 Å². The second kappa shape index (κ2) is 11.9. The maximum absolute atomic E-state index is 6.30. The van der Waals surface area contributed by atoms with Gasteiger partial charge in [-0.2, -0.15) is 0 Å². The van der Waals surface area contributed by atoms with Gasteiger partial charge in [0.25, 0.3) is 0 Å². The number of fused-ring (bicyclic) bond motifs is 7. The van der Waals surface area contributed by atoms with Gasteiger partial charge < -0.3 is 4.42 Å². The third kappa shape index (κ3) is 4.60. The van der Waals surface area contributed by atoms with Crippen LogP contribution in [-0.4, -0.2) is 15.0 Å². The fraction of sp³-hybridized carbons (Fsp3) is 0.0200. The van der Waals surface area contributed by atoms with Crippen LogP contribution in [0.25, 0.3) is 78.0 Å². The number of hydrogen-bond donors (Lipinski definition) is 0. The average molecular weight is 690 g/mol. The molecule has 0 aliphatic heterocycles. The Morgan fingerprint density at radius 1 is 0.352 bits per heavy atom. The lowest BCUT2D eigenvalue weighted by Gasteiger charge is -2.34. The number of benzene rings is 8. The van der Waals surface area contributed by atoms with E-state index in [9.17, 15) is 0 Å². The summed E-state index contributed by atoms with van der Waals surface area (Å²) in [7, 11) is 0. The van der Waals surface area contributed by atoms with Gasteiger partial charge in [-0.25, -0.2) is 15.0 Å². The highest BCUT2D eigenvalue weighted by Gasteiger charge is 2.45. The summed E-state index contributed by atoms with van der Waals surface area (Å²) >= 11 is 0. The summed E-state index contributed by atoms with van der Waals surface area (Å²) in [5, 5.41) is 4.45. The molecule has 4 heteroatoms. The van der Waals surface area contributed by atoms with Crippen LogP contribution in [0.5, 0.6) is 0 Å². The van der Waals surface area contributed by atoms with Crippen molar-refractivity contribution in [3.8, 4) is 45.3 Å². The van der Waals surface area contributed by atoms with Gasteiger partial charge in [0.05, 0.1) is 5.41 Å². The molecule has 1 aliphatic carbocycles. The topological polar surface area (TPSA) is 51.8 Å². The van der Waals surface area contributed by atoms with Crippen molar-refractivity contribution < 1.29 is 4.42 Å². The molecule has 8 aromatic carbocycles. The highest BCUT2D eigenvalue weighted by atomic mass is 16.3. The Balaban J connectivity index is 1.14. The molecule has 11 rings (SSSR count). The summed E-state index contributed by atoms with van der Waals surface area (Å²) < 4.78 is 6.30. The van der Waals surface area contributed by atoms with Gasteiger partial charge in [-0.15, -0.1) is 0 Å². The van der Waals surface area contributed by atoms with Crippen LogP contribution in [0.3, 0.4) is 0 Å². The van der Waals surface area contributed by atoms with Gasteiger partial charge in [-0.1, -0.05) is 158 Å². The van der Waals surface area contributed by atoms with Crippen molar-refractivity contribution in [1.82, 2.24) is 15.0 Å². The lowest BCUT2D eigenvalue weighted by Crippen LogP contribution is -2.28. The number of rotatable bonds is 5. The zero-order valence-electron chi connectivity index (χ0n) is 29.1. The van der Waals surface area contributed by atoms with E-state index in [4.69, 9.17) is 19.4 Å². The molecule has 4 nitrogen and oxygen atoms in total. The number of furan rings is 1. The van der Waals surface area contributed by atoms with E-state index in [0.717, 1.165) is 49.6 Å². The van der Waals surface area contributed by atoms with Gasteiger partial charge in [0.1, 0.15) is 11.2 Å². The minimum atomic E-state index is -0.534. The fourth-order valence-electron chi connectivity index (χ4n) is 8.56. The van der Waals surface area contributed by atoms with Gasteiger partial charge in [0.2, 0.25) is 0 Å². The van der Waals surface area contributed by atoms with E-state index in [1.54, 1.807) is 0 Å². The van der Waals surface area contributed by atoms with Crippen molar-refractivity contribution in [1.29, 1.82) is 0 Å². The molecular weight excluding hydrogens is 659 g/mol. The van der Waals surface area contributed by atoms with Gasteiger partial charge >= 0.3 is 0 Å². The van der Waals surface area contributed by atoms with E-state index in [1.807, 2.05) is 24.3 Å². The smallest absolute Gasteiger partial charge is 0.164 e. The first kappa shape index (κ1) is 30.5. The van der Waals surface area contributed by atoms with Crippen molar-refractivity contribution in [2.45, 2.75) is 5.41 Å². The monoisotopic (exact) mass is 689 g/mol. The van der Waals surface area contributed by atoms with Crippen LogP contribution >= 0.6 is 0 Å². The van der Waals surface area contributed by atoms with Gasteiger partial charge in [-0.3, -0.25) is 0 Å². The van der Waals surface area contributed by atoms with Crippen LogP contribution < -0.4 is 0 Å². The molecular formula is C50H31N3O. The maximum Gasteiger partial charge on any atom is 0.164 e. The lowest BCUT2D eigenvalue weighted by molar-refractivity contribution is 0.669. The van der Waals surface area contributed by atoms with Gasteiger partial charge in [0, 0.05) is 27.5 Å². The Morgan fingerprint density at radius 2 is 0.907 bits per heavy atom. The molecule has 0 unspecified atom stereocenters. The Morgan fingerprint density at radius 3 is 1.67 bits per heavy atom. The van der Waals surface area contributed by atoms with E-state index in [0.29, 0.717) is 17.5 Å². The summed E-state index contributed by atoms with van der Waals surface area (Å²) in [6.07, 6.45) is 0. The molecule has 0 bridgehead atoms.